The molecule has 1 heterocycles. The van der Waals surface area contributed by atoms with Crippen LogP contribution in [0.1, 0.15) is 13.3 Å². The second-order valence-electron chi connectivity index (χ2n) is 5.77. The molecule has 2 N–H and O–H groups in total. The zero-order valence-corrected chi connectivity index (χ0v) is 13.4. The third-order valence-electron chi connectivity index (χ3n) is 4.63. The summed E-state index contributed by atoms with van der Waals surface area (Å²) in [5, 5.41) is 25.9. The number of nitrogens with two attached hydrogens (primary N) is 1. The van der Waals surface area contributed by atoms with Gasteiger partial charge in [-0.25, -0.2) is 4.99 Å². The van der Waals surface area contributed by atoms with Crippen LogP contribution in [0.4, 0.5) is 0 Å². The van der Waals surface area contributed by atoms with Gasteiger partial charge in [0.1, 0.15) is 5.84 Å². The van der Waals surface area contributed by atoms with Gasteiger partial charge in [0.2, 0.25) is 0 Å². The summed E-state index contributed by atoms with van der Waals surface area (Å²) in [4.78, 5) is 4.24. The van der Waals surface area contributed by atoms with Crippen molar-refractivity contribution in [1.82, 2.24) is 5.01 Å². The number of hydrogen-bond donors (Lipinski definition) is 1. The quantitative estimate of drug-likeness (QED) is 0.590. The first kappa shape index (κ1) is 16.2. The maximum Gasteiger partial charge on any atom is 0.292 e. The summed E-state index contributed by atoms with van der Waals surface area (Å²) < 4.78 is 10.9. The van der Waals surface area contributed by atoms with Crippen molar-refractivity contribution in [2.75, 3.05) is 28.3 Å². The third-order valence-corrected chi connectivity index (χ3v) is 4.63. The first-order valence-electron chi connectivity index (χ1n) is 6.85. The van der Waals surface area contributed by atoms with Crippen LogP contribution in [0.15, 0.2) is 10.1 Å². The zero-order valence-electron chi connectivity index (χ0n) is 13.4. The van der Waals surface area contributed by atoms with E-state index in [9.17, 15) is 10.5 Å². The van der Waals surface area contributed by atoms with Gasteiger partial charge in [0.05, 0.1) is 17.9 Å². The summed E-state index contributed by atoms with van der Waals surface area (Å²) in [5.74, 6) is -1.89. The van der Waals surface area contributed by atoms with Crippen molar-refractivity contribution in [3.05, 3.63) is 0 Å². The zero-order chi connectivity index (χ0) is 16.8. The predicted molar refractivity (Wildman–Crippen MR) is 79.4 cm³/mol. The highest BCUT2D eigenvalue weighted by Gasteiger charge is 2.80. The predicted octanol–water partition coefficient (Wildman–Crippen LogP) is 0.281. The number of ether oxygens (including phenoxy) is 2. The largest absolute Gasteiger partial charge is 0.386 e. The third kappa shape index (κ3) is 1.46. The van der Waals surface area contributed by atoms with Gasteiger partial charge in [0.15, 0.2) is 10.8 Å². The Morgan fingerprint density at radius 3 is 2.32 bits per heavy atom. The molecule has 1 aliphatic carbocycles. The van der Waals surface area contributed by atoms with Crippen LogP contribution < -0.4 is 5.73 Å². The highest BCUT2D eigenvalue weighted by atomic mass is 16.7. The van der Waals surface area contributed by atoms with Crippen LogP contribution in [-0.4, -0.2) is 50.8 Å². The Morgan fingerprint density at radius 2 is 1.91 bits per heavy atom. The summed E-state index contributed by atoms with van der Waals surface area (Å²) >= 11 is 0. The van der Waals surface area contributed by atoms with Crippen molar-refractivity contribution < 1.29 is 9.47 Å². The van der Waals surface area contributed by atoms with Crippen LogP contribution in [0.25, 0.3) is 0 Å². The molecular formula is C14H20N6O2. The molecule has 0 amide bonds. The Kier molecular flexibility index (Phi) is 3.64. The second kappa shape index (κ2) is 4.94. The molecule has 0 aromatic carbocycles. The first-order chi connectivity index (χ1) is 10.3. The summed E-state index contributed by atoms with van der Waals surface area (Å²) in [5.41, 5.74) is 3.75. The van der Waals surface area contributed by atoms with E-state index in [2.05, 4.69) is 22.2 Å². The Morgan fingerprint density at radius 1 is 1.32 bits per heavy atom. The van der Waals surface area contributed by atoms with E-state index in [1.165, 1.54) is 14.2 Å². The molecule has 0 saturated heterocycles. The Labute approximate surface area is 129 Å². The smallest absolute Gasteiger partial charge is 0.292 e. The molecule has 0 radical (unpaired) electrons. The molecular weight excluding hydrogens is 284 g/mol. The normalized spacial score (nSPS) is 37.3. The minimum absolute atomic E-state index is 0.00481. The molecule has 1 fully saturated rings. The van der Waals surface area contributed by atoms with E-state index in [0.717, 1.165) is 0 Å². The van der Waals surface area contributed by atoms with Gasteiger partial charge >= 0.3 is 0 Å². The fourth-order valence-corrected chi connectivity index (χ4v) is 3.75. The SMILES string of the molecule is COC1(OC)N=C(N)[C@]2(C#N)/C(=N\N(C)C)C[C@@H](C)[C@]12C#N. The summed E-state index contributed by atoms with van der Waals surface area (Å²) in [6.07, 6.45) is 0.435. The monoisotopic (exact) mass is 304 g/mol. The van der Waals surface area contributed by atoms with E-state index in [4.69, 9.17) is 15.2 Å². The minimum Gasteiger partial charge on any atom is -0.386 e. The van der Waals surface area contributed by atoms with Gasteiger partial charge in [0.25, 0.3) is 5.91 Å². The fraction of sp³-hybridized carbons (Fsp3) is 0.714. The average Bonchev–Trinajstić information content (AvgIpc) is 2.86. The van der Waals surface area contributed by atoms with Crippen molar-refractivity contribution in [2.45, 2.75) is 19.3 Å². The first-order valence-corrected chi connectivity index (χ1v) is 6.85. The molecule has 118 valence electrons. The number of amidine groups is 1. The number of methoxy groups -OCH3 is 2. The van der Waals surface area contributed by atoms with Gasteiger partial charge in [0, 0.05) is 28.3 Å². The molecule has 0 spiro atoms. The maximum absolute atomic E-state index is 10.0. The van der Waals surface area contributed by atoms with Gasteiger partial charge in [-0.2, -0.15) is 15.6 Å². The molecule has 8 heteroatoms. The highest BCUT2D eigenvalue weighted by Crippen LogP contribution is 2.64. The number of fused-ring (bicyclic) bond motifs is 1. The van der Waals surface area contributed by atoms with Crippen molar-refractivity contribution in [3.8, 4) is 12.1 Å². The van der Waals surface area contributed by atoms with Crippen LogP contribution in [0.5, 0.6) is 0 Å². The van der Waals surface area contributed by atoms with Crippen LogP contribution in [0.3, 0.4) is 0 Å². The Bertz CT molecular complexity index is 624. The highest BCUT2D eigenvalue weighted by molar-refractivity contribution is 6.17. The van der Waals surface area contributed by atoms with Crippen molar-refractivity contribution >= 4 is 11.5 Å². The molecule has 3 atom stereocenters. The van der Waals surface area contributed by atoms with Crippen molar-refractivity contribution in [2.24, 2.45) is 32.6 Å². The fourth-order valence-electron chi connectivity index (χ4n) is 3.75. The molecule has 0 aromatic heterocycles. The molecule has 0 unspecified atom stereocenters. The van der Waals surface area contributed by atoms with Gasteiger partial charge in [-0.05, 0) is 12.3 Å². The second-order valence-corrected chi connectivity index (χ2v) is 5.77. The standard InChI is InChI=1S/C14H20N6O2/c1-9-6-10(19-20(2)3)12(7-15)11(17)18-14(21-4,22-5)13(9,12)8-16/h9H,6H2,1-5H3,(H2,17,18)/b19-10-/t9-,12+,13+/m1/s1. The minimum atomic E-state index is -1.62. The number of hydrazone groups is 1. The Balaban J connectivity index is 2.86. The lowest BCUT2D eigenvalue weighted by Gasteiger charge is -2.41. The van der Waals surface area contributed by atoms with E-state index >= 15 is 0 Å². The molecule has 1 aliphatic heterocycles. The molecule has 8 nitrogen and oxygen atoms in total. The van der Waals surface area contributed by atoms with E-state index < -0.39 is 16.7 Å². The van der Waals surface area contributed by atoms with Gasteiger partial charge in [-0.15, -0.1) is 0 Å². The lowest BCUT2D eigenvalue weighted by Crippen LogP contribution is -2.57. The Hall–Kier alpha value is -2.16. The topological polar surface area (TPSA) is 120 Å². The summed E-state index contributed by atoms with van der Waals surface area (Å²) in [7, 11) is 6.27. The summed E-state index contributed by atoms with van der Waals surface area (Å²) in [6, 6.07) is 4.44. The molecule has 1 saturated carbocycles. The van der Waals surface area contributed by atoms with Crippen LogP contribution in [-0.2, 0) is 9.47 Å². The molecule has 2 rings (SSSR count). The van der Waals surface area contributed by atoms with Crippen molar-refractivity contribution in [1.29, 1.82) is 10.5 Å². The number of hydrogen-bond acceptors (Lipinski definition) is 8. The van der Waals surface area contributed by atoms with E-state index in [1.54, 1.807) is 19.1 Å². The van der Waals surface area contributed by atoms with Crippen LogP contribution in [0.2, 0.25) is 0 Å². The van der Waals surface area contributed by atoms with Gasteiger partial charge in [-0.1, -0.05) is 6.92 Å². The number of rotatable bonds is 3. The van der Waals surface area contributed by atoms with E-state index in [0.29, 0.717) is 12.1 Å². The number of nitrogens with zero attached hydrogens (tertiary/aromatic N) is 5. The van der Waals surface area contributed by atoms with Crippen LogP contribution in [0, 0.1) is 39.4 Å². The van der Waals surface area contributed by atoms with Crippen LogP contribution >= 0.6 is 0 Å². The molecule has 0 aromatic rings. The average molecular weight is 304 g/mol. The summed E-state index contributed by atoms with van der Waals surface area (Å²) in [6.45, 7) is 1.86. The van der Waals surface area contributed by atoms with E-state index in [-0.39, 0.29) is 11.8 Å². The number of nitriles is 2. The van der Waals surface area contributed by atoms with Gasteiger partial charge < -0.3 is 20.2 Å². The lowest BCUT2D eigenvalue weighted by atomic mass is 9.62. The van der Waals surface area contributed by atoms with E-state index in [1.807, 2.05) is 6.92 Å². The van der Waals surface area contributed by atoms with Crippen molar-refractivity contribution in [3.63, 3.8) is 0 Å². The molecule has 0 bridgehead atoms. The molecule has 2 aliphatic rings. The maximum atomic E-state index is 10.0. The number of aliphatic imine (C=N–C) groups is 1. The lowest BCUT2D eigenvalue weighted by molar-refractivity contribution is -0.263. The van der Waals surface area contributed by atoms with Gasteiger partial charge in [-0.3, -0.25) is 0 Å². The molecule has 22 heavy (non-hydrogen) atoms.